The van der Waals surface area contributed by atoms with Crippen molar-refractivity contribution in [3.63, 3.8) is 0 Å². The second-order valence-corrected chi connectivity index (χ2v) is 4.34. The number of fused-ring (bicyclic) bond motifs is 3. The van der Waals surface area contributed by atoms with Crippen molar-refractivity contribution in [3.8, 4) is 11.8 Å². The first kappa shape index (κ1) is 12.3. The highest BCUT2D eigenvalue weighted by Crippen LogP contribution is 2.19. The fourth-order valence-electron chi connectivity index (χ4n) is 2.24. The van der Waals surface area contributed by atoms with E-state index in [0.29, 0.717) is 6.61 Å². The smallest absolute Gasteiger partial charge is 0.384 e. The first-order chi connectivity index (χ1) is 9.79. The Bertz CT molecular complexity index is 849. The zero-order valence-corrected chi connectivity index (χ0v) is 11.1. The number of benzene rings is 1. The molecule has 0 radical (unpaired) electrons. The zero-order valence-electron chi connectivity index (χ0n) is 11.1. The number of pyridine rings is 1. The first-order valence-corrected chi connectivity index (χ1v) is 6.47. The van der Waals surface area contributed by atoms with E-state index in [-0.39, 0.29) is 0 Å². The van der Waals surface area contributed by atoms with E-state index in [4.69, 9.17) is 4.74 Å². The van der Waals surface area contributed by atoms with Gasteiger partial charge in [0, 0.05) is 11.4 Å². The Morgan fingerprint density at radius 1 is 1.15 bits per heavy atom. The van der Waals surface area contributed by atoms with E-state index in [1.165, 1.54) is 0 Å². The van der Waals surface area contributed by atoms with E-state index in [0.717, 1.165) is 22.1 Å². The van der Waals surface area contributed by atoms with E-state index in [1.54, 1.807) is 6.92 Å². The molecular weight excluding hydrogens is 250 g/mol. The Labute approximate surface area is 116 Å². The fraction of sp³-hybridized carbons (Fsp3) is 0.118. The summed E-state index contributed by atoms with van der Waals surface area (Å²) < 4.78 is 6.86. The third-order valence-corrected chi connectivity index (χ3v) is 3.09. The third kappa shape index (κ3) is 2.12. The van der Waals surface area contributed by atoms with Crippen LogP contribution in [-0.4, -0.2) is 17.0 Å². The quantitative estimate of drug-likeness (QED) is 0.499. The normalized spacial score (nSPS) is 10.2. The van der Waals surface area contributed by atoms with Gasteiger partial charge in [0.1, 0.15) is 0 Å². The summed E-state index contributed by atoms with van der Waals surface area (Å²) in [5.41, 5.74) is 2.91. The van der Waals surface area contributed by atoms with Crippen molar-refractivity contribution in [2.75, 3.05) is 6.61 Å². The minimum atomic E-state index is -0.498. The maximum Gasteiger partial charge on any atom is 0.384 e. The van der Waals surface area contributed by atoms with Crippen LogP contribution in [0.1, 0.15) is 12.6 Å². The van der Waals surface area contributed by atoms with Gasteiger partial charge in [0.25, 0.3) is 0 Å². The number of carbonyl (C=O) groups is 1. The van der Waals surface area contributed by atoms with Crippen LogP contribution in [0.4, 0.5) is 0 Å². The van der Waals surface area contributed by atoms with Crippen LogP contribution in [0.2, 0.25) is 0 Å². The van der Waals surface area contributed by atoms with E-state index in [2.05, 4.69) is 24.0 Å². The Balaban J connectivity index is 2.17. The lowest BCUT2D eigenvalue weighted by atomic mass is 10.2. The largest absolute Gasteiger partial charge is 0.456 e. The van der Waals surface area contributed by atoms with Crippen molar-refractivity contribution < 1.29 is 9.53 Å². The Morgan fingerprint density at radius 3 is 2.80 bits per heavy atom. The molecule has 0 N–H and O–H groups in total. The van der Waals surface area contributed by atoms with E-state index in [1.807, 2.05) is 40.8 Å². The highest BCUT2D eigenvalue weighted by molar-refractivity contribution is 5.89. The molecule has 2 heterocycles. The van der Waals surface area contributed by atoms with Crippen LogP contribution in [0.15, 0.2) is 48.5 Å². The summed E-state index contributed by atoms with van der Waals surface area (Å²) in [6, 6.07) is 16.1. The minimum absolute atomic E-state index is 0.339. The van der Waals surface area contributed by atoms with Crippen LogP contribution in [0.25, 0.3) is 16.4 Å². The van der Waals surface area contributed by atoms with Gasteiger partial charge in [0.05, 0.1) is 17.8 Å². The average molecular weight is 263 g/mol. The molecule has 0 atom stereocenters. The van der Waals surface area contributed by atoms with E-state index in [9.17, 15) is 4.79 Å². The molecule has 0 saturated carbocycles. The van der Waals surface area contributed by atoms with Crippen LogP contribution in [0.5, 0.6) is 0 Å². The van der Waals surface area contributed by atoms with Crippen LogP contribution in [0, 0.1) is 11.8 Å². The number of para-hydroxylation sites is 1. The predicted molar refractivity (Wildman–Crippen MR) is 78.4 cm³/mol. The lowest BCUT2D eigenvalue weighted by Crippen LogP contribution is -2.00. The standard InChI is InChI=1S/C17H13NO2/c1-2-20-17(19)12-11-15-10-9-14-8-7-13-5-3-4-6-16(13)18(14)15/h3-10H,2H2,1H3. The Hall–Kier alpha value is -2.73. The van der Waals surface area contributed by atoms with Crippen molar-refractivity contribution in [1.29, 1.82) is 0 Å². The van der Waals surface area contributed by atoms with Gasteiger partial charge in [0.15, 0.2) is 0 Å². The van der Waals surface area contributed by atoms with Crippen molar-refractivity contribution in [3.05, 3.63) is 54.2 Å². The van der Waals surface area contributed by atoms with Gasteiger partial charge < -0.3 is 9.14 Å². The van der Waals surface area contributed by atoms with Gasteiger partial charge in [-0.2, -0.15) is 0 Å². The molecule has 0 unspecified atom stereocenters. The summed E-state index contributed by atoms with van der Waals surface area (Å²) in [5, 5.41) is 1.13. The fourth-order valence-corrected chi connectivity index (χ4v) is 2.24. The lowest BCUT2D eigenvalue weighted by Gasteiger charge is -2.03. The lowest BCUT2D eigenvalue weighted by molar-refractivity contribution is -0.136. The number of carbonyl (C=O) groups excluding carboxylic acids is 1. The highest BCUT2D eigenvalue weighted by atomic mass is 16.5. The molecular formula is C17H13NO2. The molecule has 98 valence electrons. The monoisotopic (exact) mass is 263 g/mol. The summed E-state index contributed by atoms with van der Waals surface area (Å²) in [5.74, 6) is 4.90. The topological polar surface area (TPSA) is 30.7 Å². The predicted octanol–water partition coefficient (Wildman–Crippen LogP) is 3.01. The second-order valence-electron chi connectivity index (χ2n) is 4.34. The molecule has 0 bridgehead atoms. The molecule has 0 fully saturated rings. The van der Waals surface area contributed by atoms with Crippen LogP contribution < -0.4 is 0 Å². The van der Waals surface area contributed by atoms with Gasteiger partial charge in [-0.1, -0.05) is 24.3 Å². The van der Waals surface area contributed by atoms with Crippen molar-refractivity contribution in [2.45, 2.75) is 6.92 Å². The van der Waals surface area contributed by atoms with Gasteiger partial charge in [-0.15, -0.1) is 0 Å². The molecule has 0 spiro atoms. The number of hydrogen-bond acceptors (Lipinski definition) is 2. The van der Waals surface area contributed by atoms with Crippen LogP contribution in [0.3, 0.4) is 0 Å². The molecule has 2 aromatic heterocycles. The van der Waals surface area contributed by atoms with Gasteiger partial charge >= 0.3 is 5.97 Å². The molecule has 3 aromatic rings. The summed E-state index contributed by atoms with van der Waals surface area (Å²) in [4.78, 5) is 11.3. The second kappa shape index (κ2) is 5.10. The number of rotatable bonds is 1. The maximum absolute atomic E-state index is 11.3. The summed E-state index contributed by atoms with van der Waals surface area (Å²) in [6.45, 7) is 2.10. The Kier molecular flexibility index (Phi) is 3.14. The summed E-state index contributed by atoms with van der Waals surface area (Å²) in [7, 11) is 0. The molecule has 0 aliphatic rings. The maximum atomic E-state index is 11.3. The van der Waals surface area contributed by atoms with E-state index >= 15 is 0 Å². The first-order valence-electron chi connectivity index (χ1n) is 6.47. The van der Waals surface area contributed by atoms with Gasteiger partial charge in [-0.3, -0.25) is 0 Å². The molecule has 0 saturated heterocycles. The van der Waals surface area contributed by atoms with Gasteiger partial charge in [-0.25, -0.2) is 4.79 Å². The number of nitrogens with zero attached hydrogens (tertiary/aromatic N) is 1. The number of aromatic nitrogens is 1. The average Bonchev–Trinajstić information content (AvgIpc) is 2.89. The van der Waals surface area contributed by atoms with Crippen molar-refractivity contribution >= 4 is 22.4 Å². The minimum Gasteiger partial charge on any atom is -0.456 e. The summed E-state index contributed by atoms with van der Waals surface area (Å²) >= 11 is 0. The molecule has 0 aliphatic heterocycles. The number of hydrogen-bond donors (Lipinski definition) is 0. The van der Waals surface area contributed by atoms with Crippen molar-refractivity contribution in [2.24, 2.45) is 0 Å². The molecule has 0 amide bonds. The zero-order chi connectivity index (χ0) is 13.9. The highest BCUT2D eigenvalue weighted by Gasteiger charge is 2.03. The summed E-state index contributed by atoms with van der Waals surface area (Å²) in [6.07, 6.45) is 0. The third-order valence-electron chi connectivity index (χ3n) is 3.09. The van der Waals surface area contributed by atoms with Crippen LogP contribution >= 0.6 is 0 Å². The van der Waals surface area contributed by atoms with Gasteiger partial charge in [-0.05, 0) is 42.5 Å². The SMILES string of the molecule is CCOC(=O)C#Cc1ccc2ccc3ccccc3n12. The molecule has 0 aliphatic carbocycles. The number of esters is 1. The molecule has 1 aromatic carbocycles. The molecule has 3 rings (SSSR count). The molecule has 3 nitrogen and oxygen atoms in total. The van der Waals surface area contributed by atoms with Gasteiger partial charge in [0.2, 0.25) is 0 Å². The van der Waals surface area contributed by atoms with Crippen molar-refractivity contribution in [1.82, 2.24) is 4.40 Å². The molecule has 3 heteroatoms. The molecule has 20 heavy (non-hydrogen) atoms. The number of ether oxygens (including phenoxy) is 1. The van der Waals surface area contributed by atoms with E-state index < -0.39 is 5.97 Å². The van der Waals surface area contributed by atoms with Crippen LogP contribution in [-0.2, 0) is 9.53 Å². The Morgan fingerprint density at radius 2 is 1.95 bits per heavy atom.